The van der Waals surface area contributed by atoms with Crippen molar-refractivity contribution in [3.63, 3.8) is 0 Å². The van der Waals surface area contributed by atoms with Crippen molar-refractivity contribution in [2.75, 3.05) is 6.54 Å². The third kappa shape index (κ3) is 7.36. The SMILES string of the molecule is O=C(CCCCCCN1C(=O)CC[C@@H]1/C=C/C(O)C(F)(F)c1ccccc1)OC1CCCC1. The lowest BCUT2D eigenvalue weighted by molar-refractivity contribution is -0.148. The molecule has 0 bridgehead atoms. The Kier molecular flexibility index (Phi) is 9.41. The van der Waals surface area contributed by atoms with Crippen LogP contribution < -0.4 is 0 Å². The summed E-state index contributed by atoms with van der Waals surface area (Å²) in [7, 11) is 0. The number of halogens is 2. The van der Waals surface area contributed by atoms with E-state index in [4.69, 9.17) is 4.74 Å². The number of unbranched alkanes of at least 4 members (excludes halogenated alkanes) is 3. The minimum absolute atomic E-state index is 0.00843. The summed E-state index contributed by atoms with van der Waals surface area (Å²) in [6, 6.07) is 6.96. The molecule has 1 amide bonds. The molecule has 5 nitrogen and oxygen atoms in total. The Morgan fingerprint density at radius 1 is 1.12 bits per heavy atom. The van der Waals surface area contributed by atoms with E-state index in [1.807, 2.05) is 0 Å². The molecule has 1 unspecified atom stereocenters. The molecule has 1 aromatic rings. The summed E-state index contributed by atoms with van der Waals surface area (Å²) < 4.78 is 34.4. The molecule has 1 aromatic carbocycles. The van der Waals surface area contributed by atoms with Gasteiger partial charge in [0.05, 0.1) is 6.04 Å². The van der Waals surface area contributed by atoms with Gasteiger partial charge in [-0.1, -0.05) is 55.3 Å². The fourth-order valence-electron chi connectivity index (χ4n) is 4.59. The maximum absolute atomic E-state index is 14.5. The number of rotatable bonds is 12. The minimum atomic E-state index is -3.40. The molecule has 0 radical (unpaired) electrons. The van der Waals surface area contributed by atoms with Crippen LogP contribution in [0, 0.1) is 0 Å². The molecule has 33 heavy (non-hydrogen) atoms. The maximum atomic E-state index is 14.5. The van der Waals surface area contributed by atoms with Gasteiger partial charge in [0.15, 0.2) is 0 Å². The van der Waals surface area contributed by atoms with E-state index in [2.05, 4.69) is 0 Å². The summed E-state index contributed by atoms with van der Waals surface area (Å²) in [5.74, 6) is -3.51. The van der Waals surface area contributed by atoms with E-state index in [0.717, 1.165) is 57.4 Å². The van der Waals surface area contributed by atoms with Crippen LogP contribution in [-0.4, -0.2) is 46.7 Å². The standard InChI is InChI=1S/C26H35F2NO4/c27-26(28,20-10-4-3-5-11-20)23(30)17-15-21-16-18-24(31)29(21)19-9-2-1-6-14-25(32)33-22-12-7-8-13-22/h3-5,10-11,15,17,21-23,30H,1-2,6-9,12-14,16,18-19H2/b17-15+/t21-,23?/m0/s1. The van der Waals surface area contributed by atoms with Crippen molar-refractivity contribution in [1.82, 2.24) is 4.90 Å². The first-order chi connectivity index (χ1) is 15.9. The van der Waals surface area contributed by atoms with Gasteiger partial charge >= 0.3 is 11.9 Å². The molecule has 1 aliphatic carbocycles. The Labute approximate surface area is 194 Å². The summed E-state index contributed by atoms with van der Waals surface area (Å²) in [5.41, 5.74) is -0.242. The summed E-state index contributed by atoms with van der Waals surface area (Å²) in [6.07, 6.45) is 9.71. The first-order valence-electron chi connectivity index (χ1n) is 12.2. The Hall–Kier alpha value is -2.28. The van der Waals surface area contributed by atoms with Gasteiger partial charge in [0.2, 0.25) is 5.91 Å². The van der Waals surface area contributed by atoms with Crippen molar-refractivity contribution in [2.45, 2.75) is 94.8 Å². The van der Waals surface area contributed by atoms with Crippen molar-refractivity contribution in [3.8, 4) is 0 Å². The molecular formula is C26H35F2NO4. The van der Waals surface area contributed by atoms with Gasteiger partial charge < -0.3 is 14.7 Å². The number of ether oxygens (including phenoxy) is 1. The molecule has 1 saturated heterocycles. The molecule has 182 valence electrons. The zero-order chi connectivity index (χ0) is 23.7. The number of amides is 1. The topological polar surface area (TPSA) is 66.8 Å². The number of aliphatic hydroxyl groups excluding tert-OH is 1. The second kappa shape index (κ2) is 12.3. The monoisotopic (exact) mass is 463 g/mol. The number of esters is 1. The van der Waals surface area contributed by atoms with Gasteiger partial charge in [-0.2, -0.15) is 8.78 Å². The molecule has 1 saturated carbocycles. The van der Waals surface area contributed by atoms with Crippen molar-refractivity contribution >= 4 is 11.9 Å². The largest absolute Gasteiger partial charge is 0.462 e. The number of carbonyl (C=O) groups excluding carboxylic acids is 2. The van der Waals surface area contributed by atoms with Crippen molar-refractivity contribution in [3.05, 3.63) is 48.0 Å². The predicted octanol–water partition coefficient (Wildman–Crippen LogP) is 5.12. The number of hydrogen-bond acceptors (Lipinski definition) is 4. The number of benzene rings is 1. The predicted molar refractivity (Wildman–Crippen MR) is 122 cm³/mol. The van der Waals surface area contributed by atoms with Crippen molar-refractivity contribution in [2.24, 2.45) is 0 Å². The van der Waals surface area contributed by atoms with Crippen LogP contribution in [0.1, 0.15) is 76.2 Å². The third-order valence-electron chi connectivity index (χ3n) is 6.55. The first-order valence-corrected chi connectivity index (χ1v) is 12.2. The van der Waals surface area contributed by atoms with Crippen LogP contribution >= 0.6 is 0 Å². The first kappa shape index (κ1) is 25.3. The maximum Gasteiger partial charge on any atom is 0.306 e. The van der Waals surface area contributed by atoms with E-state index in [9.17, 15) is 23.5 Å². The lowest BCUT2D eigenvalue weighted by Crippen LogP contribution is -2.34. The second-order valence-electron chi connectivity index (χ2n) is 9.07. The molecule has 1 N–H and O–H groups in total. The van der Waals surface area contributed by atoms with Crippen LogP contribution in [0.25, 0.3) is 0 Å². The average molecular weight is 464 g/mol. The number of aliphatic hydroxyl groups is 1. The van der Waals surface area contributed by atoms with Gasteiger partial charge in [-0.25, -0.2) is 0 Å². The van der Waals surface area contributed by atoms with E-state index >= 15 is 0 Å². The van der Waals surface area contributed by atoms with E-state index in [-0.39, 0.29) is 29.6 Å². The molecule has 0 spiro atoms. The van der Waals surface area contributed by atoms with Gasteiger partial charge in [-0.05, 0) is 44.9 Å². The summed E-state index contributed by atoms with van der Waals surface area (Å²) >= 11 is 0. The van der Waals surface area contributed by atoms with E-state index < -0.39 is 12.0 Å². The van der Waals surface area contributed by atoms with Crippen LogP contribution in [0.3, 0.4) is 0 Å². The van der Waals surface area contributed by atoms with E-state index in [1.54, 1.807) is 11.0 Å². The van der Waals surface area contributed by atoms with Crippen LogP contribution in [0.4, 0.5) is 8.78 Å². The third-order valence-corrected chi connectivity index (χ3v) is 6.55. The molecule has 0 aromatic heterocycles. The number of hydrogen-bond donors (Lipinski definition) is 1. The summed E-state index contributed by atoms with van der Waals surface area (Å²) in [5, 5.41) is 10.1. The number of likely N-dealkylation sites (tertiary alicyclic amines) is 1. The van der Waals surface area contributed by atoms with Gasteiger partial charge in [0.25, 0.3) is 0 Å². The van der Waals surface area contributed by atoms with Gasteiger partial charge in [0, 0.05) is 24.9 Å². The molecule has 2 atom stereocenters. The van der Waals surface area contributed by atoms with Gasteiger partial charge in [-0.15, -0.1) is 0 Å². The normalized spacial score (nSPS) is 20.6. The summed E-state index contributed by atoms with van der Waals surface area (Å²) in [4.78, 5) is 25.8. The highest BCUT2D eigenvalue weighted by Gasteiger charge is 2.39. The van der Waals surface area contributed by atoms with Crippen LogP contribution in [0.5, 0.6) is 0 Å². The summed E-state index contributed by atoms with van der Waals surface area (Å²) in [6.45, 7) is 0.547. The van der Waals surface area contributed by atoms with Crippen LogP contribution in [0.2, 0.25) is 0 Å². The number of nitrogens with zero attached hydrogens (tertiary/aromatic N) is 1. The van der Waals surface area contributed by atoms with E-state index in [0.29, 0.717) is 25.8 Å². The van der Waals surface area contributed by atoms with Crippen LogP contribution in [-0.2, 0) is 20.2 Å². The Morgan fingerprint density at radius 3 is 2.55 bits per heavy atom. The Balaban J connectivity index is 1.38. The van der Waals surface area contributed by atoms with Crippen LogP contribution in [0.15, 0.2) is 42.5 Å². The fourth-order valence-corrected chi connectivity index (χ4v) is 4.59. The number of alkyl halides is 2. The van der Waals surface area contributed by atoms with Crippen molar-refractivity contribution < 1.29 is 28.2 Å². The smallest absolute Gasteiger partial charge is 0.306 e. The van der Waals surface area contributed by atoms with Gasteiger partial charge in [0.1, 0.15) is 12.2 Å². The lowest BCUT2D eigenvalue weighted by atomic mass is 10.0. The fraction of sp³-hybridized carbons (Fsp3) is 0.615. The van der Waals surface area contributed by atoms with Gasteiger partial charge in [-0.3, -0.25) is 9.59 Å². The Morgan fingerprint density at radius 2 is 1.82 bits per heavy atom. The molecule has 2 fully saturated rings. The highest BCUT2D eigenvalue weighted by molar-refractivity contribution is 5.79. The zero-order valence-electron chi connectivity index (χ0n) is 19.1. The second-order valence-corrected chi connectivity index (χ2v) is 9.07. The molecule has 1 aliphatic heterocycles. The van der Waals surface area contributed by atoms with E-state index in [1.165, 1.54) is 30.3 Å². The highest BCUT2D eigenvalue weighted by Crippen LogP contribution is 2.33. The average Bonchev–Trinajstić information content (AvgIpc) is 3.44. The lowest BCUT2D eigenvalue weighted by Gasteiger charge is -2.24. The Bertz CT molecular complexity index is 793. The highest BCUT2D eigenvalue weighted by atomic mass is 19.3. The molecule has 2 aliphatic rings. The molecule has 1 heterocycles. The zero-order valence-corrected chi connectivity index (χ0v) is 19.1. The molecule has 3 rings (SSSR count). The minimum Gasteiger partial charge on any atom is -0.462 e. The molecular weight excluding hydrogens is 428 g/mol. The molecule has 7 heteroatoms. The quantitative estimate of drug-likeness (QED) is 0.265. The van der Waals surface area contributed by atoms with Crippen molar-refractivity contribution in [1.29, 1.82) is 0 Å². The number of carbonyl (C=O) groups is 2.